The number of benzene rings is 3. The van der Waals surface area contributed by atoms with Crippen LogP contribution in [0.5, 0.6) is 11.5 Å². The maximum absolute atomic E-state index is 12.9. The molecule has 0 spiro atoms. The Kier molecular flexibility index (Phi) is 7.67. The van der Waals surface area contributed by atoms with Gasteiger partial charge < -0.3 is 9.47 Å². The molecule has 3 aromatic rings. The summed E-state index contributed by atoms with van der Waals surface area (Å²) in [6, 6.07) is 19.5. The van der Waals surface area contributed by atoms with Crippen LogP contribution in [-0.4, -0.2) is 23.2 Å². The summed E-state index contributed by atoms with van der Waals surface area (Å²) in [5, 5.41) is 9.62. The Labute approximate surface area is 216 Å². The summed E-state index contributed by atoms with van der Waals surface area (Å²) in [5.41, 5.74) is 2.47. The van der Waals surface area contributed by atoms with Crippen LogP contribution in [0.15, 0.2) is 65.6 Å². The molecule has 0 unspecified atom stereocenters. The average Bonchev–Trinajstić information content (AvgIpc) is 3.12. The SMILES string of the molecule is COc1cc(/C=C2\SC(=O)N(Cc3c(Cl)cccc3Cl)C2=O)ccc1OCc1ccccc1C#N. The van der Waals surface area contributed by atoms with Gasteiger partial charge in [0, 0.05) is 21.2 Å². The number of ether oxygens (including phenoxy) is 2. The second-order valence-electron chi connectivity index (χ2n) is 7.44. The largest absolute Gasteiger partial charge is 0.493 e. The molecule has 6 nitrogen and oxygen atoms in total. The van der Waals surface area contributed by atoms with E-state index in [0.29, 0.717) is 38.2 Å². The molecule has 0 N–H and O–H groups in total. The van der Waals surface area contributed by atoms with E-state index in [9.17, 15) is 14.9 Å². The molecule has 0 bridgehead atoms. The van der Waals surface area contributed by atoms with E-state index in [1.807, 2.05) is 12.1 Å². The molecule has 35 heavy (non-hydrogen) atoms. The zero-order valence-corrected chi connectivity index (χ0v) is 20.8. The standard InChI is InChI=1S/C26H18Cl2N2O4S/c1-33-23-11-16(9-10-22(23)34-15-18-6-3-2-5-17(18)13-29)12-24-25(31)30(26(32)35-24)14-19-20(27)7-4-8-21(19)28/h2-12H,14-15H2,1H3/b24-12-. The number of rotatable bonds is 7. The summed E-state index contributed by atoms with van der Waals surface area (Å²) in [6.07, 6.45) is 1.62. The molecule has 9 heteroatoms. The number of hydrogen-bond acceptors (Lipinski definition) is 6. The third kappa shape index (κ3) is 5.46. The lowest BCUT2D eigenvalue weighted by Gasteiger charge is -2.14. The Morgan fingerprint density at radius 3 is 2.49 bits per heavy atom. The van der Waals surface area contributed by atoms with Gasteiger partial charge in [0.1, 0.15) is 6.61 Å². The van der Waals surface area contributed by atoms with Gasteiger partial charge in [0.05, 0.1) is 30.2 Å². The first kappa shape index (κ1) is 24.7. The minimum Gasteiger partial charge on any atom is -0.493 e. The van der Waals surface area contributed by atoms with Gasteiger partial charge in [-0.2, -0.15) is 5.26 Å². The minimum absolute atomic E-state index is 0.0131. The average molecular weight is 525 g/mol. The van der Waals surface area contributed by atoms with Gasteiger partial charge in [-0.05, 0) is 53.7 Å². The van der Waals surface area contributed by atoms with Crippen LogP contribution in [0.2, 0.25) is 10.0 Å². The number of nitriles is 1. The quantitative estimate of drug-likeness (QED) is 0.320. The van der Waals surface area contributed by atoms with E-state index >= 15 is 0 Å². The highest BCUT2D eigenvalue weighted by Crippen LogP contribution is 2.37. The third-order valence-electron chi connectivity index (χ3n) is 5.26. The number of amides is 2. The Hall–Kier alpha value is -3.44. The molecule has 3 aromatic carbocycles. The maximum Gasteiger partial charge on any atom is 0.293 e. The minimum atomic E-state index is -0.427. The van der Waals surface area contributed by atoms with Gasteiger partial charge in [-0.3, -0.25) is 14.5 Å². The molecular formula is C26H18Cl2N2O4S. The van der Waals surface area contributed by atoms with E-state index in [2.05, 4.69) is 6.07 Å². The number of imide groups is 1. The highest BCUT2D eigenvalue weighted by atomic mass is 35.5. The van der Waals surface area contributed by atoms with Crippen LogP contribution in [0, 0.1) is 11.3 Å². The smallest absolute Gasteiger partial charge is 0.293 e. The van der Waals surface area contributed by atoms with E-state index in [4.69, 9.17) is 32.7 Å². The second kappa shape index (κ2) is 10.9. The highest BCUT2D eigenvalue weighted by Gasteiger charge is 2.35. The van der Waals surface area contributed by atoms with Crippen molar-refractivity contribution in [1.29, 1.82) is 5.26 Å². The molecule has 1 saturated heterocycles. The first-order valence-corrected chi connectivity index (χ1v) is 12.0. The molecule has 1 heterocycles. The normalized spacial score (nSPS) is 14.3. The molecule has 0 aliphatic carbocycles. The predicted molar refractivity (Wildman–Crippen MR) is 136 cm³/mol. The zero-order valence-electron chi connectivity index (χ0n) is 18.5. The van der Waals surface area contributed by atoms with E-state index < -0.39 is 11.1 Å². The lowest BCUT2D eigenvalue weighted by Crippen LogP contribution is -2.27. The van der Waals surface area contributed by atoms with Gasteiger partial charge in [0.25, 0.3) is 11.1 Å². The van der Waals surface area contributed by atoms with E-state index in [1.54, 1.807) is 54.6 Å². The fraction of sp³-hybridized carbons (Fsp3) is 0.115. The third-order valence-corrected chi connectivity index (χ3v) is 6.87. The fourth-order valence-corrected chi connectivity index (χ4v) is 4.79. The van der Waals surface area contributed by atoms with E-state index in [1.165, 1.54) is 7.11 Å². The number of carbonyl (C=O) groups excluding carboxylic acids is 2. The van der Waals surface area contributed by atoms with Crippen molar-refractivity contribution < 1.29 is 19.1 Å². The van der Waals surface area contributed by atoms with Gasteiger partial charge in [-0.25, -0.2) is 0 Å². The zero-order chi connectivity index (χ0) is 24.9. The van der Waals surface area contributed by atoms with Crippen molar-refractivity contribution >= 4 is 52.2 Å². The van der Waals surface area contributed by atoms with Crippen molar-refractivity contribution in [2.75, 3.05) is 7.11 Å². The number of methoxy groups -OCH3 is 1. The van der Waals surface area contributed by atoms with Crippen LogP contribution >= 0.6 is 35.0 Å². The lowest BCUT2D eigenvalue weighted by molar-refractivity contribution is -0.123. The van der Waals surface area contributed by atoms with Gasteiger partial charge in [-0.1, -0.05) is 53.5 Å². The topological polar surface area (TPSA) is 79.6 Å². The Morgan fingerprint density at radius 1 is 1.03 bits per heavy atom. The first-order chi connectivity index (χ1) is 16.9. The summed E-state index contributed by atoms with van der Waals surface area (Å²) in [4.78, 5) is 26.9. The number of carbonyl (C=O) groups is 2. The first-order valence-electron chi connectivity index (χ1n) is 10.4. The number of nitrogens with zero attached hydrogens (tertiary/aromatic N) is 2. The van der Waals surface area contributed by atoms with Crippen molar-refractivity contribution in [1.82, 2.24) is 4.90 Å². The van der Waals surface area contributed by atoms with E-state index in [0.717, 1.165) is 22.2 Å². The van der Waals surface area contributed by atoms with Gasteiger partial charge in [0.15, 0.2) is 11.5 Å². The molecule has 4 rings (SSSR count). The van der Waals surface area contributed by atoms with Crippen molar-refractivity contribution in [2.45, 2.75) is 13.2 Å². The molecule has 0 radical (unpaired) electrons. The fourth-order valence-electron chi connectivity index (χ4n) is 3.43. The van der Waals surface area contributed by atoms with Crippen molar-refractivity contribution in [2.24, 2.45) is 0 Å². The summed E-state index contributed by atoms with van der Waals surface area (Å²) >= 11 is 13.3. The van der Waals surface area contributed by atoms with Gasteiger partial charge in [-0.15, -0.1) is 0 Å². The van der Waals surface area contributed by atoms with Crippen LogP contribution in [0.4, 0.5) is 4.79 Å². The molecule has 0 saturated carbocycles. The molecule has 1 aliphatic heterocycles. The Bertz CT molecular complexity index is 1360. The molecular weight excluding hydrogens is 507 g/mol. The number of hydrogen-bond donors (Lipinski definition) is 0. The maximum atomic E-state index is 12.9. The van der Waals surface area contributed by atoms with Gasteiger partial charge >= 0.3 is 0 Å². The monoisotopic (exact) mass is 524 g/mol. The molecule has 0 aromatic heterocycles. The van der Waals surface area contributed by atoms with Crippen LogP contribution in [-0.2, 0) is 17.9 Å². The van der Waals surface area contributed by atoms with Crippen LogP contribution < -0.4 is 9.47 Å². The lowest BCUT2D eigenvalue weighted by atomic mass is 10.1. The second-order valence-corrected chi connectivity index (χ2v) is 9.24. The predicted octanol–water partition coefficient (Wildman–Crippen LogP) is 6.69. The summed E-state index contributed by atoms with van der Waals surface area (Å²) < 4.78 is 11.3. The van der Waals surface area contributed by atoms with E-state index in [-0.39, 0.29) is 18.1 Å². The molecule has 0 atom stereocenters. The summed E-state index contributed by atoms with van der Waals surface area (Å²) in [5.74, 6) is 0.512. The highest BCUT2D eigenvalue weighted by molar-refractivity contribution is 8.18. The van der Waals surface area contributed by atoms with Gasteiger partial charge in [0.2, 0.25) is 0 Å². The van der Waals surface area contributed by atoms with Crippen LogP contribution in [0.3, 0.4) is 0 Å². The van der Waals surface area contributed by atoms with Crippen molar-refractivity contribution in [3.05, 3.63) is 97.9 Å². The molecule has 1 aliphatic rings. The molecule has 1 fully saturated rings. The Balaban J connectivity index is 1.52. The summed E-state index contributed by atoms with van der Waals surface area (Å²) in [7, 11) is 1.51. The van der Waals surface area contributed by atoms with Crippen LogP contribution in [0.25, 0.3) is 6.08 Å². The van der Waals surface area contributed by atoms with Crippen molar-refractivity contribution in [3.8, 4) is 17.6 Å². The molecule has 2 amide bonds. The molecule has 176 valence electrons. The van der Waals surface area contributed by atoms with Crippen LogP contribution in [0.1, 0.15) is 22.3 Å². The number of halogens is 2. The Morgan fingerprint density at radius 2 is 1.77 bits per heavy atom. The van der Waals surface area contributed by atoms with Crippen molar-refractivity contribution in [3.63, 3.8) is 0 Å². The summed E-state index contributed by atoms with van der Waals surface area (Å²) in [6.45, 7) is 0.184. The number of thioether (sulfide) groups is 1.